The number of fused-ring (bicyclic) bond motifs is 1. The molecule has 13 heteroatoms. The van der Waals surface area contributed by atoms with Gasteiger partial charge in [-0.15, -0.1) is 0 Å². The summed E-state index contributed by atoms with van der Waals surface area (Å²) in [6.07, 6.45) is 0.390. The Hall–Kier alpha value is -1.72. The molecule has 5 rings (SSSR count). The predicted molar refractivity (Wildman–Crippen MR) is 146 cm³/mol. The molecular formula is C25H21Cl5N4O4. The summed E-state index contributed by atoms with van der Waals surface area (Å²) in [5, 5.41) is 13.9. The molecule has 0 saturated carbocycles. The number of hydrogen-bond donors (Lipinski definition) is 1. The van der Waals surface area contributed by atoms with Crippen LogP contribution in [0.2, 0.25) is 25.2 Å². The van der Waals surface area contributed by atoms with Crippen LogP contribution in [0.4, 0.5) is 0 Å². The predicted octanol–water partition coefficient (Wildman–Crippen LogP) is 6.54. The Kier molecular flexibility index (Phi) is 8.36. The number of ether oxygens (including phenoxy) is 3. The average molecular weight is 619 g/mol. The van der Waals surface area contributed by atoms with Crippen molar-refractivity contribution in [3.63, 3.8) is 0 Å². The molecule has 1 fully saturated rings. The van der Waals surface area contributed by atoms with Gasteiger partial charge < -0.3 is 19.3 Å². The molecule has 1 saturated heterocycles. The maximum Gasteiger partial charge on any atom is 0.168 e. The van der Waals surface area contributed by atoms with E-state index in [0.29, 0.717) is 36.8 Å². The van der Waals surface area contributed by atoms with Crippen molar-refractivity contribution in [2.24, 2.45) is 0 Å². The van der Waals surface area contributed by atoms with E-state index in [9.17, 15) is 5.11 Å². The van der Waals surface area contributed by atoms with Gasteiger partial charge in [0.25, 0.3) is 0 Å². The molecule has 8 nitrogen and oxygen atoms in total. The highest BCUT2D eigenvalue weighted by molar-refractivity contribution is 6.35. The zero-order chi connectivity index (χ0) is 27.0. The lowest BCUT2D eigenvalue weighted by Gasteiger charge is -2.30. The van der Waals surface area contributed by atoms with Crippen molar-refractivity contribution >= 4 is 69.2 Å². The Morgan fingerprint density at radius 2 is 1.61 bits per heavy atom. The molecule has 0 radical (unpaired) electrons. The zero-order valence-corrected chi connectivity index (χ0v) is 23.6. The Morgan fingerprint density at radius 1 is 0.947 bits per heavy atom. The maximum atomic E-state index is 11.7. The summed E-state index contributed by atoms with van der Waals surface area (Å²) in [5.74, 6) is 0. The van der Waals surface area contributed by atoms with E-state index < -0.39 is 24.0 Å². The van der Waals surface area contributed by atoms with E-state index in [-0.39, 0.29) is 25.0 Å². The van der Waals surface area contributed by atoms with Crippen molar-refractivity contribution in [1.82, 2.24) is 19.5 Å². The first-order valence-corrected chi connectivity index (χ1v) is 13.3. The maximum absolute atomic E-state index is 11.7. The first-order chi connectivity index (χ1) is 18.1. The second-order valence-corrected chi connectivity index (χ2v) is 11.0. The summed E-state index contributed by atoms with van der Waals surface area (Å²) in [6.45, 7) is 2.02. The van der Waals surface area contributed by atoms with Crippen LogP contribution in [0, 0.1) is 0 Å². The second kappa shape index (κ2) is 11.4. The van der Waals surface area contributed by atoms with E-state index in [0.717, 1.165) is 5.56 Å². The van der Waals surface area contributed by atoms with Crippen LogP contribution in [-0.2, 0) is 27.4 Å². The first-order valence-electron chi connectivity index (χ1n) is 11.4. The molecule has 4 atom stereocenters. The molecule has 2 aromatic carbocycles. The fraction of sp³-hybridized carbons (Fsp3) is 0.320. The van der Waals surface area contributed by atoms with E-state index >= 15 is 0 Å². The quantitative estimate of drug-likeness (QED) is 0.224. The molecule has 3 heterocycles. The van der Waals surface area contributed by atoms with Crippen LogP contribution < -0.4 is 0 Å². The van der Waals surface area contributed by atoms with Crippen LogP contribution in [0.3, 0.4) is 0 Å². The number of aliphatic hydroxyl groups is 1. The topological polar surface area (TPSA) is 91.5 Å². The van der Waals surface area contributed by atoms with Crippen LogP contribution in [0.1, 0.15) is 24.3 Å². The van der Waals surface area contributed by atoms with Crippen molar-refractivity contribution in [2.45, 2.75) is 44.2 Å². The fourth-order valence-electron chi connectivity index (χ4n) is 4.38. The Morgan fingerprint density at radius 3 is 2.26 bits per heavy atom. The molecule has 1 aliphatic heterocycles. The third-order valence-corrected chi connectivity index (χ3v) is 7.72. The van der Waals surface area contributed by atoms with Gasteiger partial charge in [0.1, 0.15) is 29.7 Å². The third kappa shape index (κ3) is 5.61. The molecule has 0 aliphatic carbocycles. The molecule has 1 aliphatic rings. The van der Waals surface area contributed by atoms with Gasteiger partial charge in [0, 0.05) is 20.1 Å². The summed E-state index contributed by atoms with van der Waals surface area (Å²) in [6, 6.07) is 10.3. The molecule has 2 aromatic heterocycles. The molecule has 1 N–H and O–H groups in total. The lowest BCUT2D eigenvalue weighted by Crippen LogP contribution is -2.46. The van der Waals surface area contributed by atoms with E-state index in [1.54, 1.807) is 47.9 Å². The highest BCUT2D eigenvalue weighted by Gasteiger charge is 2.55. The Balaban J connectivity index is 1.40. The summed E-state index contributed by atoms with van der Waals surface area (Å²) >= 11 is 30.8. The van der Waals surface area contributed by atoms with Gasteiger partial charge in [-0.05, 0) is 42.3 Å². The van der Waals surface area contributed by atoms with Gasteiger partial charge in [-0.2, -0.15) is 0 Å². The minimum atomic E-state index is -1.53. The van der Waals surface area contributed by atoms with Crippen molar-refractivity contribution < 1.29 is 19.3 Å². The minimum Gasteiger partial charge on any atom is -0.383 e. The normalized spacial score (nSPS) is 23.4. The smallest absolute Gasteiger partial charge is 0.168 e. The van der Waals surface area contributed by atoms with Crippen molar-refractivity contribution in [1.29, 1.82) is 0 Å². The molecule has 200 valence electrons. The van der Waals surface area contributed by atoms with Crippen LogP contribution in [0.25, 0.3) is 11.2 Å². The second-order valence-electron chi connectivity index (χ2n) is 8.96. The van der Waals surface area contributed by atoms with Crippen LogP contribution in [0.15, 0.2) is 49.1 Å². The number of benzene rings is 2. The van der Waals surface area contributed by atoms with Gasteiger partial charge >= 0.3 is 0 Å². The van der Waals surface area contributed by atoms with Crippen molar-refractivity contribution in [2.75, 3.05) is 6.61 Å². The van der Waals surface area contributed by atoms with Crippen molar-refractivity contribution in [3.05, 3.63) is 85.4 Å². The SMILES string of the molecule is C[C@@]1(O)[C@H](OCc2ccc(Cl)cc2Cl)[C@@H](COCc2ccc(Cl)cc2Cl)O[C@H]1n1cnc2c(Cl)ncnc21. The van der Waals surface area contributed by atoms with Gasteiger partial charge in [0.2, 0.25) is 0 Å². The molecule has 4 aromatic rings. The van der Waals surface area contributed by atoms with Crippen molar-refractivity contribution in [3.8, 4) is 0 Å². The highest BCUT2D eigenvalue weighted by Crippen LogP contribution is 2.42. The van der Waals surface area contributed by atoms with Crippen LogP contribution in [-0.4, -0.2) is 49.0 Å². The Bertz CT molecular complexity index is 1470. The first kappa shape index (κ1) is 27.8. The van der Waals surface area contributed by atoms with Gasteiger partial charge in [-0.1, -0.05) is 70.1 Å². The van der Waals surface area contributed by atoms with Crippen LogP contribution in [0.5, 0.6) is 0 Å². The fourth-order valence-corrected chi connectivity index (χ4v) is 5.48. The monoisotopic (exact) mass is 616 g/mol. The lowest BCUT2D eigenvalue weighted by molar-refractivity contribution is -0.114. The summed E-state index contributed by atoms with van der Waals surface area (Å²) in [5.41, 5.74) is 0.723. The summed E-state index contributed by atoms with van der Waals surface area (Å²) in [7, 11) is 0. The van der Waals surface area contributed by atoms with Gasteiger partial charge in [-0.3, -0.25) is 4.57 Å². The number of aromatic nitrogens is 4. The molecule has 0 bridgehead atoms. The van der Waals surface area contributed by atoms with Crippen LogP contribution >= 0.6 is 58.0 Å². The zero-order valence-electron chi connectivity index (χ0n) is 19.8. The number of halogens is 5. The number of imidazole rings is 1. The highest BCUT2D eigenvalue weighted by atomic mass is 35.5. The van der Waals surface area contributed by atoms with Gasteiger partial charge in [-0.25, -0.2) is 15.0 Å². The number of rotatable bonds is 8. The molecule has 38 heavy (non-hydrogen) atoms. The average Bonchev–Trinajstić information content (AvgIpc) is 3.39. The minimum absolute atomic E-state index is 0.0903. The molecule has 0 unspecified atom stereocenters. The third-order valence-electron chi connectivity index (χ3n) is 6.27. The summed E-state index contributed by atoms with van der Waals surface area (Å²) in [4.78, 5) is 12.5. The number of hydrogen-bond acceptors (Lipinski definition) is 7. The van der Waals surface area contributed by atoms with Gasteiger partial charge in [0.05, 0.1) is 26.1 Å². The van der Waals surface area contributed by atoms with Gasteiger partial charge in [0.15, 0.2) is 17.0 Å². The Labute approximate surface area is 243 Å². The molecule has 0 amide bonds. The molecular weight excluding hydrogens is 598 g/mol. The van der Waals surface area contributed by atoms with E-state index in [2.05, 4.69) is 15.0 Å². The van der Waals surface area contributed by atoms with E-state index in [1.165, 1.54) is 12.7 Å². The standard InChI is InChI=1S/C25H21Cl5N4O4/c1-25(35)21(37-9-14-3-5-16(27)7-18(14)29)19(10-36-8-13-2-4-15(26)6-17(13)28)38-24(25)34-12-33-20-22(30)31-11-32-23(20)34/h2-7,11-12,19,21,24,35H,8-10H2,1H3/t19-,21-,24-,25-/m1/s1. The molecule has 0 spiro atoms. The summed E-state index contributed by atoms with van der Waals surface area (Å²) < 4.78 is 20.1. The largest absolute Gasteiger partial charge is 0.383 e. The number of nitrogens with zero attached hydrogens (tertiary/aromatic N) is 4. The lowest BCUT2D eigenvalue weighted by atomic mass is 9.96. The van der Waals surface area contributed by atoms with E-state index in [4.69, 9.17) is 72.2 Å². The van der Waals surface area contributed by atoms with E-state index in [1.807, 2.05) is 0 Å².